The molecule has 6 heteroatoms. The molecule has 0 radical (unpaired) electrons. The zero-order valence-electron chi connectivity index (χ0n) is 16.2. The van der Waals surface area contributed by atoms with Gasteiger partial charge in [0.15, 0.2) is 0 Å². The molecular weight excluding hydrogens is 398 g/mol. The molecule has 1 heterocycles. The highest BCUT2D eigenvalue weighted by Crippen LogP contribution is 2.38. The van der Waals surface area contributed by atoms with Crippen molar-refractivity contribution in [2.75, 3.05) is 11.9 Å². The van der Waals surface area contributed by atoms with Crippen LogP contribution < -0.4 is 10.6 Å². The third-order valence-electron chi connectivity index (χ3n) is 5.07. The van der Waals surface area contributed by atoms with Crippen LogP contribution in [-0.2, 0) is 4.79 Å². The summed E-state index contributed by atoms with van der Waals surface area (Å²) in [6, 6.07) is 11.9. The summed E-state index contributed by atoms with van der Waals surface area (Å²) in [6.45, 7) is 7.19. The molecule has 0 aromatic heterocycles. The zero-order chi connectivity index (χ0) is 20.5. The molecule has 3 nitrogen and oxygen atoms in total. The molecule has 2 aromatic carbocycles. The van der Waals surface area contributed by atoms with Gasteiger partial charge in [0, 0.05) is 29.2 Å². The third kappa shape index (κ3) is 5.05. The Kier molecular flexibility index (Phi) is 6.33. The number of hydrogen-bond acceptors (Lipinski definition) is 2. The van der Waals surface area contributed by atoms with Crippen molar-refractivity contribution in [2.24, 2.45) is 11.3 Å². The van der Waals surface area contributed by atoms with E-state index in [1.165, 1.54) is 18.2 Å². The summed E-state index contributed by atoms with van der Waals surface area (Å²) < 4.78 is 13.4. The van der Waals surface area contributed by atoms with Gasteiger partial charge in [-0.1, -0.05) is 56.1 Å². The number of rotatable bonds is 4. The number of carbonyl (C=O) groups excluding carboxylic acids is 1. The molecule has 28 heavy (non-hydrogen) atoms. The van der Waals surface area contributed by atoms with Gasteiger partial charge in [-0.05, 0) is 47.7 Å². The van der Waals surface area contributed by atoms with Crippen LogP contribution in [0.1, 0.15) is 38.7 Å². The van der Waals surface area contributed by atoms with E-state index in [2.05, 4.69) is 31.4 Å². The predicted octanol–water partition coefficient (Wildman–Crippen LogP) is 5.88. The first-order valence-electron chi connectivity index (χ1n) is 9.39. The maximum Gasteiger partial charge on any atom is 0.229 e. The van der Waals surface area contributed by atoms with E-state index in [0.717, 1.165) is 12.0 Å². The van der Waals surface area contributed by atoms with Gasteiger partial charge < -0.3 is 10.6 Å². The van der Waals surface area contributed by atoms with Crippen LogP contribution in [0.5, 0.6) is 0 Å². The Morgan fingerprint density at radius 3 is 2.61 bits per heavy atom. The van der Waals surface area contributed by atoms with E-state index in [1.807, 2.05) is 24.3 Å². The van der Waals surface area contributed by atoms with Crippen molar-refractivity contribution < 1.29 is 9.18 Å². The van der Waals surface area contributed by atoms with Crippen molar-refractivity contribution in [3.63, 3.8) is 0 Å². The minimum Gasteiger partial charge on any atom is -0.326 e. The molecule has 1 aliphatic rings. The van der Waals surface area contributed by atoms with Gasteiger partial charge in [-0.15, -0.1) is 0 Å². The van der Waals surface area contributed by atoms with Gasteiger partial charge in [-0.3, -0.25) is 4.79 Å². The monoisotopic (exact) mass is 422 g/mol. The number of amides is 1. The minimum atomic E-state index is -0.510. The number of anilines is 1. The number of carbonyl (C=O) groups is 1. The van der Waals surface area contributed by atoms with Crippen LogP contribution in [0.15, 0.2) is 42.5 Å². The van der Waals surface area contributed by atoms with E-state index in [-0.39, 0.29) is 34.2 Å². The van der Waals surface area contributed by atoms with E-state index >= 15 is 0 Å². The zero-order valence-corrected chi connectivity index (χ0v) is 17.7. The predicted molar refractivity (Wildman–Crippen MR) is 114 cm³/mol. The second kappa shape index (κ2) is 8.40. The van der Waals surface area contributed by atoms with E-state index < -0.39 is 5.82 Å². The first-order chi connectivity index (χ1) is 13.1. The Morgan fingerprint density at radius 2 is 1.96 bits per heavy atom. The lowest BCUT2D eigenvalue weighted by Gasteiger charge is -2.29. The highest BCUT2D eigenvalue weighted by Gasteiger charge is 2.42. The van der Waals surface area contributed by atoms with Crippen LogP contribution in [0, 0.1) is 17.2 Å². The molecular formula is C22H25Cl2FN2O. The molecule has 1 saturated heterocycles. The SMILES string of the molecule is CC(C)(C)CC1NCC(c2cccc(Cl)c2)C1C(=O)Nc1ccc(F)c(Cl)c1. The van der Waals surface area contributed by atoms with Gasteiger partial charge in [-0.2, -0.15) is 0 Å². The van der Waals surface area contributed by atoms with E-state index in [4.69, 9.17) is 23.2 Å². The first-order valence-corrected chi connectivity index (χ1v) is 10.1. The van der Waals surface area contributed by atoms with Gasteiger partial charge >= 0.3 is 0 Å². The van der Waals surface area contributed by atoms with Gasteiger partial charge in [0.05, 0.1) is 10.9 Å². The number of nitrogens with one attached hydrogen (secondary N) is 2. The minimum absolute atomic E-state index is 0.00182. The smallest absolute Gasteiger partial charge is 0.229 e. The molecule has 1 fully saturated rings. The average molecular weight is 423 g/mol. The van der Waals surface area contributed by atoms with Crippen LogP contribution in [0.25, 0.3) is 0 Å². The Balaban J connectivity index is 1.89. The Labute approximate surface area is 175 Å². The molecule has 1 aliphatic heterocycles. The van der Waals surface area contributed by atoms with Crippen molar-refractivity contribution in [1.82, 2.24) is 5.32 Å². The van der Waals surface area contributed by atoms with Gasteiger partial charge in [0.25, 0.3) is 0 Å². The molecule has 0 aliphatic carbocycles. The van der Waals surface area contributed by atoms with Gasteiger partial charge in [0.2, 0.25) is 5.91 Å². The largest absolute Gasteiger partial charge is 0.326 e. The molecule has 1 amide bonds. The van der Waals surface area contributed by atoms with Crippen molar-refractivity contribution >= 4 is 34.8 Å². The second-order valence-electron chi connectivity index (χ2n) is 8.58. The molecule has 0 bridgehead atoms. The van der Waals surface area contributed by atoms with E-state index in [1.54, 1.807) is 0 Å². The lowest BCUT2D eigenvalue weighted by molar-refractivity contribution is -0.120. The fourth-order valence-electron chi connectivity index (χ4n) is 3.90. The van der Waals surface area contributed by atoms with E-state index in [0.29, 0.717) is 17.3 Å². The Morgan fingerprint density at radius 1 is 1.21 bits per heavy atom. The van der Waals surface area contributed by atoms with Crippen LogP contribution in [0.4, 0.5) is 10.1 Å². The van der Waals surface area contributed by atoms with Crippen molar-refractivity contribution in [3.8, 4) is 0 Å². The molecule has 150 valence electrons. The maximum atomic E-state index is 13.4. The topological polar surface area (TPSA) is 41.1 Å². The van der Waals surface area contributed by atoms with Crippen LogP contribution >= 0.6 is 23.2 Å². The standard InChI is InChI=1S/C22H25Cl2FN2O/c1-22(2,3)11-19-20(16(12-26-19)13-5-4-6-14(23)9-13)21(28)27-15-7-8-18(25)17(24)10-15/h4-10,16,19-20,26H,11-12H2,1-3H3,(H,27,28). The Hall–Kier alpha value is -1.62. The summed E-state index contributed by atoms with van der Waals surface area (Å²) in [7, 11) is 0. The van der Waals surface area contributed by atoms with E-state index in [9.17, 15) is 9.18 Å². The summed E-state index contributed by atoms with van der Waals surface area (Å²) in [5, 5.41) is 7.09. The Bertz CT molecular complexity index is 866. The maximum absolute atomic E-state index is 13.4. The van der Waals surface area contributed by atoms with Crippen molar-refractivity contribution in [3.05, 3.63) is 63.9 Å². The lowest BCUT2D eigenvalue weighted by Crippen LogP contribution is -2.38. The molecule has 0 spiro atoms. The fraction of sp³-hybridized carbons (Fsp3) is 0.409. The van der Waals surface area contributed by atoms with Crippen LogP contribution in [-0.4, -0.2) is 18.5 Å². The molecule has 3 unspecified atom stereocenters. The molecule has 0 saturated carbocycles. The van der Waals surface area contributed by atoms with Crippen LogP contribution in [0.2, 0.25) is 10.0 Å². The average Bonchev–Trinajstić information content (AvgIpc) is 3.00. The number of benzene rings is 2. The number of hydrogen-bond donors (Lipinski definition) is 2. The lowest BCUT2D eigenvalue weighted by atomic mass is 9.78. The quantitative estimate of drug-likeness (QED) is 0.645. The van der Waals surface area contributed by atoms with Gasteiger partial charge in [-0.25, -0.2) is 4.39 Å². The van der Waals surface area contributed by atoms with Crippen molar-refractivity contribution in [2.45, 2.75) is 39.2 Å². The third-order valence-corrected chi connectivity index (χ3v) is 5.59. The summed E-state index contributed by atoms with van der Waals surface area (Å²) in [5.41, 5.74) is 1.59. The molecule has 2 N–H and O–H groups in total. The highest BCUT2D eigenvalue weighted by atomic mass is 35.5. The highest BCUT2D eigenvalue weighted by molar-refractivity contribution is 6.31. The summed E-state index contributed by atoms with van der Waals surface area (Å²) in [4.78, 5) is 13.3. The summed E-state index contributed by atoms with van der Waals surface area (Å²) in [6.07, 6.45) is 0.853. The first kappa shape index (κ1) is 21.1. The fourth-order valence-corrected chi connectivity index (χ4v) is 4.28. The second-order valence-corrected chi connectivity index (χ2v) is 9.43. The molecule has 2 aromatic rings. The van der Waals surface area contributed by atoms with Gasteiger partial charge in [0.1, 0.15) is 5.82 Å². The van der Waals surface area contributed by atoms with Crippen LogP contribution in [0.3, 0.4) is 0 Å². The molecule has 3 rings (SSSR count). The molecule has 3 atom stereocenters. The summed E-state index contributed by atoms with van der Waals surface area (Å²) in [5.74, 6) is -0.889. The summed E-state index contributed by atoms with van der Waals surface area (Å²) >= 11 is 12.0. The normalized spacial score (nSPS) is 22.3. The number of halogens is 3. The van der Waals surface area contributed by atoms with Crippen molar-refractivity contribution in [1.29, 1.82) is 0 Å².